The van der Waals surface area contributed by atoms with Crippen LogP contribution in [0.3, 0.4) is 0 Å². The van der Waals surface area contributed by atoms with Crippen molar-refractivity contribution in [2.75, 3.05) is 0 Å². The Kier molecular flexibility index (Phi) is 6.24. The summed E-state index contributed by atoms with van der Waals surface area (Å²) in [5.41, 5.74) is -7.55. The molecule has 0 bridgehead atoms. The molecule has 0 radical (unpaired) electrons. The Morgan fingerprint density at radius 3 is 1.31 bits per heavy atom. The third-order valence-corrected chi connectivity index (χ3v) is 5.11. The standard InChI is InChI=1S/C13H6N6O12S/c1-5-7(15(22)23)4-10(18(28)29)13(11(5)19(30)31)32-12-8(16(24)25)2-6(14(20)21)3-9(12)17(26)27/h2-4H,1H3. The summed E-state index contributed by atoms with van der Waals surface area (Å²) in [7, 11) is 0. The van der Waals surface area contributed by atoms with E-state index in [2.05, 4.69) is 0 Å². The summed E-state index contributed by atoms with van der Waals surface area (Å²) in [5, 5.41) is 67.9. The van der Waals surface area contributed by atoms with Gasteiger partial charge >= 0.3 is 0 Å². The van der Waals surface area contributed by atoms with E-state index in [-0.39, 0.29) is 11.8 Å². The summed E-state index contributed by atoms with van der Waals surface area (Å²) in [6.07, 6.45) is 0. The number of hydrogen-bond donors (Lipinski definition) is 0. The molecule has 2 rings (SSSR count). The zero-order valence-corrected chi connectivity index (χ0v) is 16.0. The molecular weight excluding hydrogens is 464 g/mol. The third kappa shape index (κ3) is 4.21. The molecule has 166 valence electrons. The highest BCUT2D eigenvalue weighted by atomic mass is 32.2. The van der Waals surface area contributed by atoms with Crippen LogP contribution in [0.5, 0.6) is 0 Å². The topological polar surface area (TPSA) is 259 Å². The smallest absolute Gasteiger partial charge is 0.258 e. The van der Waals surface area contributed by atoms with Gasteiger partial charge in [-0.2, -0.15) is 0 Å². The Balaban J connectivity index is 3.00. The molecule has 2 aromatic rings. The first-order chi connectivity index (χ1) is 14.8. The molecule has 0 amide bonds. The van der Waals surface area contributed by atoms with Crippen LogP contribution in [0.2, 0.25) is 0 Å². The highest BCUT2D eigenvalue weighted by Gasteiger charge is 2.39. The summed E-state index contributed by atoms with van der Waals surface area (Å²) in [6, 6.07) is 1.05. The van der Waals surface area contributed by atoms with Gasteiger partial charge in [0.2, 0.25) is 0 Å². The number of non-ortho nitro benzene ring substituents is 1. The van der Waals surface area contributed by atoms with Gasteiger partial charge in [0.05, 0.1) is 47.7 Å². The van der Waals surface area contributed by atoms with E-state index in [4.69, 9.17) is 0 Å². The van der Waals surface area contributed by atoms with Gasteiger partial charge in [-0.15, -0.1) is 0 Å². The lowest BCUT2D eigenvalue weighted by Crippen LogP contribution is -2.04. The average Bonchev–Trinajstić information content (AvgIpc) is 2.66. The van der Waals surface area contributed by atoms with E-state index in [0.717, 1.165) is 6.92 Å². The zero-order chi connectivity index (χ0) is 24.5. The fourth-order valence-corrected chi connectivity index (χ4v) is 3.77. The Morgan fingerprint density at radius 1 is 0.562 bits per heavy atom. The van der Waals surface area contributed by atoms with E-state index in [0.29, 0.717) is 18.2 Å². The lowest BCUT2D eigenvalue weighted by Gasteiger charge is -2.08. The molecule has 0 unspecified atom stereocenters. The lowest BCUT2D eigenvalue weighted by molar-refractivity contribution is -0.408. The van der Waals surface area contributed by atoms with Crippen LogP contribution >= 0.6 is 11.8 Å². The van der Waals surface area contributed by atoms with E-state index in [1.165, 1.54) is 0 Å². The van der Waals surface area contributed by atoms with Crippen molar-refractivity contribution in [1.82, 2.24) is 0 Å². The second-order valence-corrected chi connectivity index (χ2v) is 6.70. The maximum atomic E-state index is 11.6. The maximum absolute atomic E-state index is 11.6. The molecule has 18 nitrogen and oxygen atoms in total. The van der Waals surface area contributed by atoms with Gasteiger partial charge in [-0.25, -0.2) is 0 Å². The van der Waals surface area contributed by atoms with Crippen molar-refractivity contribution in [3.05, 3.63) is 84.4 Å². The Morgan fingerprint density at radius 2 is 0.969 bits per heavy atom. The van der Waals surface area contributed by atoms with Gasteiger partial charge in [0, 0.05) is 0 Å². The molecule has 0 saturated heterocycles. The first-order valence-electron chi connectivity index (χ1n) is 7.67. The summed E-state index contributed by atoms with van der Waals surface area (Å²) >= 11 is -0.149. The first kappa shape index (κ1) is 23.5. The van der Waals surface area contributed by atoms with E-state index in [9.17, 15) is 60.7 Å². The normalized spacial score (nSPS) is 10.4. The quantitative estimate of drug-likeness (QED) is 0.395. The molecule has 0 heterocycles. The lowest BCUT2D eigenvalue weighted by atomic mass is 10.1. The molecule has 0 aliphatic heterocycles. The second-order valence-electron chi connectivity index (χ2n) is 5.68. The molecule has 0 atom stereocenters. The predicted molar refractivity (Wildman–Crippen MR) is 102 cm³/mol. The van der Waals surface area contributed by atoms with Crippen molar-refractivity contribution < 1.29 is 29.5 Å². The number of benzene rings is 2. The highest BCUT2D eigenvalue weighted by molar-refractivity contribution is 8.00. The molecule has 0 aliphatic rings. The fraction of sp³-hybridized carbons (Fsp3) is 0.0769. The SMILES string of the molecule is Cc1c([N+](=O)[O-])cc([N+](=O)[O-])c(Sc2c([N+](=O)[O-])cc([N+](=O)[O-])cc2[N+](=O)[O-])c1[N+](=O)[O-]. The van der Waals surface area contributed by atoms with Crippen LogP contribution < -0.4 is 0 Å². The van der Waals surface area contributed by atoms with Gasteiger partial charge in [0.1, 0.15) is 5.56 Å². The molecule has 0 aliphatic carbocycles. The third-order valence-electron chi connectivity index (χ3n) is 3.88. The molecule has 0 fully saturated rings. The minimum Gasteiger partial charge on any atom is -0.258 e. The van der Waals surface area contributed by atoms with Gasteiger partial charge in [-0.1, -0.05) is 11.8 Å². The minimum atomic E-state index is -1.25. The van der Waals surface area contributed by atoms with Crippen molar-refractivity contribution in [3.63, 3.8) is 0 Å². The van der Waals surface area contributed by atoms with Crippen LogP contribution in [-0.2, 0) is 0 Å². The van der Waals surface area contributed by atoms with E-state index in [1.54, 1.807) is 0 Å². The van der Waals surface area contributed by atoms with Gasteiger partial charge in [0.15, 0.2) is 9.79 Å². The molecule has 0 saturated carbocycles. The zero-order valence-electron chi connectivity index (χ0n) is 15.2. The Hall–Kier alpha value is -4.81. The van der Waals surface area contributed by atoms with Crippen molar-refractivity contribution in [1.29, 1.82) is 0 Å². The monoisotopic (exact) mass is 470 g/mol. The first-order valence-corrected chi connectivity index (χ1v) is 8.49. The molecule has 0 N–H and O–H groups in total. The number of nitro benzene ring substituents is 6. The largest absolute Gasteiger partial charge is 0.300 e. The van der Waals surface area contributed by atoms with Crippen LogP contribution in [-0.4, -0.2) is 29.5 Å². The number of nitro groups is 6. The van der Waals surface area contributed by atoms with Crippen molar-refractivity contribution in [2.45, 2.75) is 16.7 Å². The van der Waals surface area contributed by atoms with Crippen LogP contribution in [0.1, 0.15) is 5.56 Å². The van der Waals surface area contributed by atoms with Crippen LogP contribution in [0.4, 0.5) is 34.1 Å². The summed E-state index contributed by atoms with van der Waals surface area (Å²) < 4.78 is 0. The maximum Gasteiger partial charge on any atom is 0.300 e. The Bertz CT molecular complexity index is 1210. The molecule has 0 aromatic heterocycles. The van der Waals surface area contributed by atoms with Crippen LogP contribution in [0.15, 0.2) is 28.0 Å². The Labute approximate surface area is 177 Å². The van der Waals surface area contributed by atoms with Crippen LogP contribution in [0.25, 0.3) is 0 Å². The van der Waals surface area contributed by atoms with E-state index < -0.39 is 79.0 Å². The van der Waals surface area contributed by atoms with E-state index in [1.807, 2.05) is 0 Å². The summed E-state index contributed by atoms with van der Waals surface area (Å²) in [5.74, 6) is 0. The molecule has 19 heteroatoms. The van der Waals surface area contributed by atoms with Gasteiger partial charge < -0.3 is 0 Å². The predicted octanol–water partition coefficient (Wildman–Crippen LogP) is 3.60. The van der Waals surface area contributed by atoms with Gasteiger partial charge in [-0.05, 0) is 6.92 Å². The van der Waals surface area contributed by atoms with Gasteiger partial charge in [-0.3, -0.25) is 60.7 Å². The van der Waals surface area contributed by atoms with Gasteiger partial charge in [0.25, 0.3) is 34.1 Å². The molecular formula is C13H6N6O12S. The highest BCUT2D eigenvalue weighted by Crippen LogP contribution is 2.51. The van der Waals surface area contributed by atoms with Crippen molar-refractivity contribution in [3.8, 4) is 0 Å². The number of hydrogen-bond acceptors (Lipinski definition) is 13. The van der Waals surface area contributed by atoms with Crippen molar-refractivity contribution >= 4 is 45.9 Å². The van der Waals surface area contributed by atoms with Crippen molar-refractivity contribution in [2.24, 2.45) is 0 Å². The average molecular weight is 470 g/mol. The number of nitrogens with zero attached hydrogens (tertiary/aromatic N) is 6. The fourth-order valence-electron chi connectivity index (χ4n) is 2.53. The number of rotatable bonds is 8. The molecule has 32 heavy (non-hydrogen) atoms. The van der Waals surface area contributed by atoms with Crippen LogP contribution in [0, 0.1) is 67.6 Å². The second kappa shape index (κ2) is 8.51. The molecule has 0 spiro atoms. The molecule has 2 aromatic carbocycles. The van der Waals surface area contributed by atoms with E-state index >= 15 is 0 Å². The minimum absolute atomic E-state index is 0.149. The summed E-state index contributed by atoms with van der Waals surface area (Å²) in [6.45, 7) is 0.892. The summed E-state index contributed by atoms with van der Waals surface area (Å²) in [4.78, 5) is 58.7.